The molecule has 2 heteroatoms. The first-order chi connectivity index (χ1) is 6.81. The second-order valence-corrected chi connectivity index (χ2v) is 3.88. The molecule has 1 aliphatic rings. The normalized spacial score (nSPS) is 17.2. The second-order valence-electron chi connectivity index (χ2n) is 3.88. The maximum absolute atomic E-state index is 13.3. The fourth-order valence-corrected chi connectivity index (χ4v) is 2.15. The van der Waals surface area contributed by atoms with Crippen LogP contribution in [0.1, 0.15) is 47.5 Å². The van der Waals surface area contributed by atoms with Gasteiger partial charge in [-0.15, -0.1) is 0 Å². The first-order valence-electron chi connectivity index (χ1n) is 5.06. The number of halogens is 1. The Morgan fingerprint density at radius 2 is 2.00 bits per heavy atom. The van der Waals surface area contributed by atoms with Crippen LogP contribution in [0.4, 0.5) is 4.39 Å². The van der Waals surface area contributed by atoms with E-state index in [0.717, 1.165) is 18.4 Å². The molecule has 0 heterocycles. The molecule has 0 saturated heterocycles. The molecule has 0 aromatic heterocycles. The number of aldehydes is 1. The summed E-state index contributed by atoms with van der Waals surface area (Å²) in [6.45, 7) is 0. The van der Waals surface area contributed by atoms with Crippen molar-refractivity contribution in [3.05, 3.63) is 35.1 Å². The molecule has 0 atom stereocenters. The third-order valence-electron chi connectivity index (χ3n) is 2.98. The van der Waals surface area contributed by atoms with E-state index in [-0.39, 0.29) is 11.4 Å². The van der Waals surface area contributed by atoms with Crippen LogP contribution in [-0.2, 0) is 0 Å². The molecular formula is C12H13FO. The highest BCUT2D eigenvalue weighted by molar-refractivity contribution is 5.75. The lowest BCUT2D eigenvalue weighted by atomic mass is 9.96. The summed E-state index contributed by atoms with van der Waals surface area (Å²) in [5.74, 6) is 0.120. The van der Waals surface area contributed by atoms with E-state index in [1.165, 1.54) is 18.9 Å². The lowest BCUT2D eigenvalue weighted by molar-refractivity contribution is 0.112. The third-order valence-corrected chi connectivity index (χ3v) is 2.98. The van der Waals surface area contributed by atoms with Gasteiger partial charge in [-0.1, -0.05) is 18.9 Å². The Hall–Kier alpha value is -1.18. The lowest BCUT2D eigenvalue weighted by Crippen LogP contribution is -1.95. The lowest BCUT2D eigenvalue weighted by Gasteiger charge is -2.09. The predicted molar refractivity (Wildman–Crippen MR) is 53.0 cm³/mol. The van der Waals surface area contributed by atoms with E-state index in [9.17, 15) is 9.18 Å². The molecule has 0 amide bonds. The Kier molecular flexibility index (Phi) is 2.62. The van der Waals surface area contributed by atoms with Gasteiger partial charge in [-0.05, 0) is 36.5 Å². The highest BCUT2D eigenvalue weighted by Crippen LogP contribution is 2.34. The van der Waals surface area contributed by atoms with E-state index >= 15 is 0 Å². The number of hydrogen-bond acceptors (Lipinski definition) is 1. The summed E-state index contributed by atoms with van der Waals surface area (Å²) in [7, 11) is 0. The zero-order chi connectivity index (χ0) is 9.97. The molecule has 1 saturated carbocycles. The zero-order valence-corrected chi connectivity index (χ0v) is 8.00. The van der Waals surface area contributed by atoms with Crippen LogP contribution in [0.5, 0.6) is 0 Å². The molecule has 1 aromatic carbocycles. The number of benzene rings is 1. The smallest absolute Gasteiger partial charge is 0.152 e. The first kappa shape index (κ1) is 9.38. The van der Waals surface area contributed by atoms with Crippen molar-refractivity contribution < 1.29 is 9.18 Å². The van der Waals surface area contributed by atoms with Crippen molar-refractivity contribution in [3.63, 3.8) is 0 Å². The van der Waals surface area contributed by atoms with Crippen LogP contribution in [0.15, 0.2) is 18.2 Å². The maximum Gasteiger partial charge on any atom is 0.152 e. The van der Waals surface area contributed by atoms with Crippen molar-refractivity contribution in [1.82, 2.24) is 0 Å². The molecule has 1 aromatic rings. The molecule has 14 heavy (non-hydrogen) atoms. The standard InChI is InChI=1S/C12H13FO/c13-12-7-10(5-6-11(12)8-14)9-3-1-2-4-9/h5-9H,1-4H2. The average Bonchev–Trinajstić information content (AvgIpc) is 2.70. The molecule has 0 radical (unpaired) electrons. The summed E-state index contributed by atoms with van der Waals surface area (Å²) < 4.78 is 13.3. The molecule has 0 aliphatic heterocycles. The van der Waals surface area contributed by atoms with Crippen molar-refractivity contribution in [1.29, 1.82) is 0 Å². The van der Waals surface area contributed by atoms with Gasteiger partial charge in [-0.2, -0.15) is 0 Å². The van der Waals surface area contributed by atoms with Crippen LogP contribution in [0.2, 0.25) is 0 Å². The molecule has 2 rings (SSSR count). The fraction of sp³-hybridized carbons (Fsp3) is 0.417. The number of carbonyl (C=O) groups is 1. The van der Waals surface area contributed by atoms with Gasteiger partial charge in [0.1, 0.15) is 5.82 Å². The third kappa shape index (κ3) is 1.69. The van der Waals surface area contributed by atoms with Crippen molar-refractivity contribution in [2.45, 2.75) is 31.6 Å². The molecule has 1 fully saturated rings. The Morgan fingerprint density at radius 1 is 1.29 bits per heavy atom. The van der Waals surface area contributed by atoms with Gasteiger partial charge >= 0.3 is 0 Å². The van der Waals surface area contributed by atoms with E-state index in [1.54, 1.807) is 6.07 Å². The molecule has 74 valence electrons. The quantitative estimate of drug-likeness (QED) is 0.657. The van der Waals surface area contributed by atoms with Gasteiger partial charge in [0.2, 0.25) is 0 Å². The fourth-order valence-electron chi connectivity index (χ4n) is 2.15. The van der Waals surface area contributed by atoms with Gasteiger partial charge < -0.3 is 0 Å². The molecule has 0 unspecified atom stereocenters. The van der Waals surface area contributed by atoms with Crippen LogP contribution < -0.4 is 0 Å². The highest BCUT2D eigenvalue weighted by Gasteiger charge is 2.17. The summed E-state index contributed by atoms with van der Waals surface area (Å²) >= 11 is 0. The van der Waals surface area contributed by atoms with Crippen LogP contribution in [-0.4, -0.2) is 6.29 Å². The highest BCUT2D eigenvalue weighted by atomic mass is 19.1. The number of hydrogen-bond donors (Lipinski definition) is 0. The summed E-state index contributed by atoms with van der Waals surface area (Å²) in [6, 6.07) is 4.97. The maximum atomic E-state index is 13.3. The van der Waals surface area contributed by atoms with Crippen molar-refractivity contribution in [3.8, 4) is 0 Å². The minimum Gasteiger partial charge on any atom is -0.298 e. The Labute approximate surface area is 82.9 Å². The molecule has 1 aliphatic carbocycles. The van der Waals surface area contributed by atoms with Gasteiger partial charge in [0, 0.05) is 0 Å². The molecular weight excluding hydrogens is 179 g/mol. The second kappa shape index (κ2) is 3.91. The van der Waals surface area contributed by atoms with E-state index in [4.69, 9.17) is 0 Å². The van der Waals surface area contributed by atoms with Crippen LogP contribution >= 0.6 is 0 Å². The van der Waals surface area contributed by atoms with Crippen LogP contribution in [0.3, 0.4) is 0 Å². The van der Waals surface area contributed by atoms with E-state index < -0.39 is 0 Å². The molecule has 1 nitrogen and oxygen atoms in total. The van der Waals surface area contributed by atoms with E-state index in [2.05, 4.69) is 0 Å². The van der Waals surface area contributed by atoms with E-state index in [0.29, 0.717) is 12.2 Å². The number of carbonyl (C=O) groups excluding carboxylic acids is 1. The minimum absolute atomic E-state index is 0.159. The molecule has 0 bridgehead atoms. The van der Waals surface area contributed by atoms with Gasteiger partial charge in [0.25, 0.3) is 0 Å². The summed E-state index contributed by atoms with van der Waals surface area (Å²) in [5, 5.41) is 0. The first-order valence-corrected chi connectivity index (χ1v) is 5.06. The van der Waals surface area contributed by atoms with Crippen molar-refractivity contribution in [2.24, 2.45) is 0 Å². The Balaban J connectivity index is 2.27. The van der Waals surface area contributed by atoms with Gasteiger partial charge in [-0.25, -0.2) is 4.39 Å². The predicted octanol–water partition coefficient (Wildman–Crippen LogP) is 3.30. The van der Waals surface area contributed by atoms with Crippen LogP contribution in [0, 0.1) is 5.82 Å². The zero-order valence-electron chi connectivity index (χ0n) is 8.00. The Bertz CT molecular complexity index is 340. The van der Waals surface area contributed by atoms with Gasteiger partial charge in [0.05, 0.1) is 5.56 Å². The van der Waals surface area contributed by atoms with Gasteiger partial charge in [0.15, 0.2) is 6.29 Å². The summed E-state index contributed by atoms with van der Waals surface area (Å²) in [6.07, 6.45) is 5.34. The molecule has 0 spiro atoms. The SMILES string of the molecule is O=Cc1ccc(C2CCCC2)cc1F. The minimum atomic E-state index is -0.385. The van der Waals surface area contributed by atoms with Crippen molar-refractivity contribution >= 4 is 6.29 Å². The number of rotatable bonds is 2. The molecule has 0 N–H and O–H groups in total. The Morgan fingerprint density at radius 3 is 2.57 bits per heavy atom. The van der Waals surface area contributed by atoms with E-state index in [1.807, 2.05) is 6.07 Å². The summed E-state index contributed by atoms with van der Waals surface area (Å²) in [5.41, 5.74) is 1.21. The average molecular weight is 192 g/mol. The topological polar surface area (TPSA) is 17.1 Å². The largest absolute Gasteiger partial charge is 0.298 e. The monoisotopic (exact) mass is 192 g/mol. The summed E-state index contributed by atoms with van der Waals surface area (Å²) in [4.78, 5) is 10.4. The van der Waals surface area contributed by atoms with Gasteiger partial charge in [-0.3, -0.25) is 4.79 Å². The van der Waals surface area contributed by atoms with Crippen LogP contribution in [0.25, 0.3) is 0 Å². The van der Waals surface area contributed by atoms with Crippen molar-refractivity contribution in [2.75, 3.05) is 0 Å².